The van der Waals surface area contributed by atoms with Crippen molar-refractivity contribution in [3.05, 3.63) is 215 Å². The number of aliphatic imine (C=N–C) groups is 4. The van der Waals surface area contributed by atoms with Crippen molar-refractivity contribution < 1.29 is 144 Å². The molecule has 0 aromatic heterocycles. The molecule has 500 valence electrons. The summed E-state index contributed by atoms with van der Waals surface area (Å²) in [5.74, 6) is 6.49. The minimum absolute atomic E-state index is 0. The molecule has 1 fully saturated rings. The van der Waals surface area contributed by atoms with Crippen LogP contribution in [0.25, 0.3) is 21.3 Å². The molecule has 1 aliphatic heterocycles. The van der Waals surface area contributed by atoms with Gasteiger partial charge in [0.25, 0.3) is 21.6 Å². The van der Waals surface area contributed by atoms with Crippen LogP contribution in [0, 0.1) is 62.5 Å². The monoisotopic (exact) mass is 1930 g/mol. The molecular weight excluding hydrogens is 1860 g/mol. The van der Waals surface area contributed by atoms with Crippen LogP contribution in [0.2, 0.25) is 0 Å². The molecule has 0 radical (unpaired) electrons. The summed E-state index contributed by atoms with van der Waals surface area (Å²) in [5, 5.41) is 48.5. The van der Waals surface area contributed by atoms with Crippen molar-refractivity contribution in [3.63, 3.8) is 0 Å². The molecule has 8 aromatic carbocycles. The molecule has 0 atom stereocenters. The average Bonchev–Trinajstić information content (AvgIpc) is 2.94. The van der Waals surface area contributed by atoms with Crippen LogP contribution in [0.3, 0.4) is 0 Å². The van der Waals surface area contributed by atoms with Crippen molar-refractivity contribution in [1.82, 2.24) is 0 Å². The summed E-state index contributed by atoms with van der Waals surface area (Å²) in [4.78, 5) is 23.5. The summed E-state index contributed by atoms with van der Waals surface area (Å²) in [6, 6.07) is 59.8. The quantitative estimate of drug-likeness (QED) is 0.0298. The Morgan fingerprint density at radius 2 is 0.406 bits per heavy atom. The second-order valence-corrected chi connectivity index (χ2v) is 19.9. The molecule has 0 spiro atoms. The Kier molecular flexibility index (Phi) is 65.6. The Labute approximate surface area is 661 Å². The number of hydrogen-bond acceptors (Lipinski definition) is 16. The fourth-order valence-electron chi connectivity index (χ4n) is 6.07. The van der Waals surface area contributed by atoms with E-state index in [0.29, 0.717) is 0 Å². The molecule has 0 unspecified atom stereocenters. The number of halogens is 2. The fraction of sp³-hybridized carbons (Fsp3) is 0.152. The van der Waals surface area contributed by atoms with Gasteiger partial charge in [-0.15, -0.1) is 0 Å². The Bertz CT molecular complexity index is 3040. The van der Waals surface area contributed by atoms with Crippen LogP contribution in [0.5, 0.6) is 46.0 Å². The zero-order valence-corrected chi connectivity index (χ0v) is 69.2. The molecule has 0 N–H and O–H groups in total. The van der Waals surface area contributed by atoms with E-state index in [1.165, 1.54) is 36.0 Å². The standard InChI is InChI=1S/4C15H15N2O2.C2H4Cl2.4CHNSe.4Mo/c4*1-18-14-7-3-12(4-8-14)16-11-17-13-5-9-15(19-2)10-6-13;1-3-2-4-1;4*2-1-3;;;;/h4*3-11H,1-2H3;1-2H2;4*3H;;;;/q4*-1;+2;;;;;;;2*+2/p-4. The molecule has 1 heterocycles. The maximum atomic E-state index is 7.26. The molecule has 20 nitrogen and oxygen atoms in total. The molecule has 0 bridgehead atoms. The van der Waals surface area contributed by atoms with Gasteiger partial charge in [0.2, 0.25) is 0 Å². The first-order valence-electron chi connectivity index (χ1n) is 26.1. The predicted molar refractivity (Wildman–Crippen MR) is 364 cm³/mol. The third kappa shape index (κ3) is 47.3. The van der Waals surface area contributed by atoms with Crippen LogP contribution in [-0.2, 0) is 84.3 Å². The number of nitrogens with zero attached hydrogens (tertiary/aromatic N) is 12. The third-order valence-electron chi connectivity index (χ3n) is 10.5. The average molecular weight is 1920 g/mol. The summed E-state index contributed by atoms with van der Waals surface area (Å²) in [6.07, 6.45) is 6.13. The molecule has 1 saturated heterocycles. The molecule has 30 heteroatoms. The number of rotatable bonds is 20. The van der Waals surface area contributed by atoms with Crippen molar-refractivity contribution in [2.75, 3.05) is 67.6 Å². The number of alkyl halides is 4. The minimum atomic E-state index is 0. The van der Waals surface area contributed by atoms with E-state index < -0.39 is 0 Å². The summed E-state index contributed by atoms with van der Waals surface area (Å²) < 4.78 is 40.6. The van der Waals surface area contributed by atoms with Crippen molar-refractivity contribution in [2.45, 2.75) is 0 Å². The molecule has 8 aromatic rings. The Balaban J connectivity index is -0.000000537. The van der Waals surface area contributed by atoms with Gasteiger partial charge >= 0.3 is 158 Å². The van der Waals surface area contributed by atoms with Gasteiger partial charge in [0.1, 0.15) is 46.0 Å². The van der Waals surface area contributed by atoms with Gasteiger partial charge in [-0.25, -0.2) is 0 Å². The molecule has 0 aliphatic carbocycles. The minimum Gasteiger partial charge on any atom is 0 e. The third-order valence-corrected chi connectivity index (χ3v) is 12.8. The SMILES string of the molecule is C1[Cl+]C[Cl+]1.COc1ccc(N=C[N-]c2ccc(OC)cc2)cc1.COc1ccc(N=C[N-]c2ccc(OC)cc2)cc1.COc1ccc(N=C[N-]c2ccc(OC)cc2)cc1.COc1ccc(N=C[N-]c2ccc(OC)cc2)cc1.N#C[Se-].N#C[Se-].N#C[Se-].N#C[Se-].[Mo+2].[Mo+2].[Mo].[Mo]. The topological polar surface area (TPSA) is 275 Å². The van der Waals surface area contributed by atoms with Crippen molar-refractivity contribution >= 4 is 135 Å². The summed E-state index contributed by atoms with van der Waals surface area (Å²) in [5.41, 5.74) is 6.65. The van der Waals surface area contributed by atoms with E-state index in [1.54, 1.807) is 76.7 Å². The number of benzene rings is 8. The van der Waals surface area contributed by atoms with E-state index in [1.807, 2.05) is 194 Å². The second-order valence-electron chi connectivity index (χ2n) is 16.0. The van der Waals surface area contributed by atoms with Crippen molar-refractivity contribution in [3.8, 4) is 65.9 Å². The summed E-state index contributed by atoms with van der Waals surface area (Å²) in [7, 11) is 17.8. The van der Waals surface area contributed by atoms with E-state index in [9.17, 15) is 0 Å². The zero-order valence-electron chi connectivity index (χ0n) is 52.9. The van der Waals surface area contributed by atoms with Gasteiger partial charge < -0.3 is 79.1 Å². The number of hydrogen-bond donors (Lipinski definition) is 0. The molecular formula is C66H64Cl2Mo4N12O8Se4-2. The first kappa shape index (κ1) is 95.8. The van der Waals surface area contributed by atoms with Crippen LogP contribution in [-0.4, -0.2) is 157 Å². The van der Waals surface area contributed by atoms with E-state index in [2.05, 4.69) is 127 Å². The van der Waals surface area contributed by atoms with E-state index >= 15 is 0 Å². The van der Waals surface area contributed by atoms with Gasteiger partial charge in [-0.3, -0.25) is 0 Å². The van der Waals surface area contributed by atoms with E-state index in [0.717, 1.165) is 91.5 Å². The maximum absolute atomic E-state index is 7.26. The van der Waals surface area contributed by atoms with E-state index in [-0.39, 0.29) is 84.3 Å². The first-order chi connectivity index (χ1) is 44.9. The second kappa shape index (κ2) is 65.7. The molecule has 9 rings (SSSR count). The van der Waals surface area contributed by atoms with Crippen molar-refractivity contribution in [1.29, 1.82) is 21.0 Å². The summed E-state index contributed by atoms with van der Waals surface area (Å²) >= 11 is 8.44. The van der Waals surface area contributed by atoms with Crippen LogP contribution in [0.4, 0.5) is 45.5 Å². The van der Waals surface area contributed by atoms with Crippen LogP contribution in [0.1, 0.15) is 0 Å². The Morgan fingerprint density at radius 3 is 0.510 bits per heavy atom. The van der Waals surface area contributed by atoms with Gasteiger partial charge in [0, 0.05) is 42.1 Å². The van der Waals surface area contributed by atoms with E-state index in [4.69, 9.17) is 58.9 Å². The van der Waals surface area contributed by atoms with Gasteiger partial charge in [-0.2, -0.15) is 0 Å². The zero-order chi connectivity index (χ0) is 67.7. The molecule has 0 saturated carbocycles. The predicted octanol–water partition coefficient (Wildman–Crippen LogP) is 14.9. The van der Waals surface area contributed by atoms with Gasteiger partial charge in [-0.1, -0.05) is 122 Å². The normalized spacial score (nSPS) is 9.54. The largest absolute Gasteiger partial charge is 2.00 e. The van der Waals surface area contributed by atoms with Crippen molar-refractivity contribution in [2.24, 2.45) is 20.0 Å². The van der Waals surface area contributed by atoms with Crippen LogP contribution < -0.4 is 37.9 Å². The molecule has 1 aliphatic rings. The van der Waals surface area contributed by atoms with Gasteiger partial charge in [-0.05, 0) is 143 Å². The Hall–Kier alpha value is -6.59. The number of ether oxygens (including phenoxy) is 8. The molecule has 0 amide bonds. The fourth-order valence-corrected chi connectivity index (χ4v) is 6.64. The van der Waals surface area contributed by atoms with Gasteiger partial charge in [0.05, 0.1) is 56.9 Å². The smallest absolute Gasteiger partial charge is 0 e. The van der Waals surface area contributed by atoms with Crippen LogP contribution >= 0.6 is 0 Å². The molecule has 96 heavy (non-hydrogen) atoms. The van der Waals surface area contributed by atoms with Crippen LogP contribution in [0.15, 0.2) is 214 Å². The van der Waals surface area contributed by atoms with Gasteiger partial charge in [0.15, 0.2) is 0 Å². The summed E-state index contributed by atoms with van der Waals surface area (Å²) in [6.45, 7) is 0. The first-order valence-corrected chi connectivity index (χ1v) is 31.7. The number of nitriles is 4. The number of methoxy groups -OCH3 is 8. The maximum Gasteiger partial charge on any atom is 2.00 e. The Morgan fingerprint density at radius 1 is 0.292 bits per heavy atom.